The van der Waals surface area contributed by atoms with E-state index in [1.165, 1.54) is 0 Å². The van der Waals surface area contributed by atoms with Crippen molar-refractivity contribution in [3.8, 4) is 0 Å². The van der Waals surface area contributed by atoms with E-state index in [0.717, 1.165) is 37.2 Å². The molecule has 146 valence electrons. The van der Waals surface area contributed by atoms with Gasteiger partial charge in [0.15, 0.2) is 5.82 Å². The zero-order valence-corrected chi connectivity index (χ0v) is 16.0. The fourth-order valence-electron chi connectivity index (χ4n) is 3.95. The van der Waals surface area contributed by atoms with Crippen molar-refractivity contribution in [3.05, 3.63) is 54.0 Å². The van der Waals surface area contributed by atoms with Crippen molar-refractivity contribution in [2.45, 2.75) is 38.1 Å². The van der Waals surface area contributed by atoms with Gasteiger partial charge in [0.25, 0.3) is 0 Å². The van der Waals surface area contributed by atoms with Crippen molar-refractivity contribution in [2.75, 3.05) is 24.6 Å². The maximum atomic E-state index is 12.4. The topological polar surface area (TPSA) is 75.6 Å². The third-order valence-electron chi connectivity index (χ3n) is 5.52. The van der Waals surface area contributed by atoms with E-state index >= 15 is 0 Å². The second-order valence-corrected chi connectivity index (χ2v) is 7.37. The zero-order valence-electron chi connectivity index (χ0n) is 16.0. The number of ether oxygens (including phenoxy) is 1. The number of carbonyl (C=O) groups is 2. The number of cyclic esters (lactones) is 1. The summed E-state index contributed by atoms with van der Waals surface area (Å²) < 4.78 is 5.31. The van der Waals surface area contributed by atoms with Gasteiger partial charge in [-0.05, 0) is 24.8 Å². The van der Waals surface area contributed by atoms with E-state index in [2.05, 4.69) is 4.98 Å². The Kier molecular flexibility index (Phi) is 5.23. The number of nitrogens with zero attached hydrogens (tertiary/aromatic N) is 4. The first-order valence-corrected chi connectivity index (χ1v) is 9.69. The quantitative estimate of drug-likeness (QED) is 0.815. The van der Waals surface area contributed by atoms with Crippen LogP contribution in [0.3, 0.4) is 0 Å². The summed E-state index contributed by atoms with van der Waals surface area (Å²) in [4.78, 5) is 36.5. The van der Waals surface area contributed by atoms with Gasteiger partial charge in [-0.3, -0.25) is 14.7 Å². The molecule has 2 saturated heterocycles. The molecule has 7 heteroatoms. The van der Waals surface area contributed by atoms with E-state index in [0.29, 0.717) is 18.8 Å². The van der Waals surface area contributed by atoms with Gasteiger partial charge in [0.1, 0.15) is 6.61 Å². The van der Waals surface area contributed by atoms with Crippen molar-refractivity contribution in [3.63, 3.8) is 0 Å². The number of carbonyl (C=O) groups excluding carboxylic acids is 2. The molecule has 0 aliphatic carbocycles. The summed E-state index contributed by atoms with van der Waals surface area (Å²) in [6.07, 6.45) is 5.43. The highest BCUT2D eigenvalue weighted by atomic mass is 16.6. The fraction of sp³-hybridized carbons (Fsp3) is 0.429. The van der Waals surface area contributed by atoms with Gasteiger partial charge < -0.3 is 9.64 Å². The highest BCUT2D eigenvalue weighted by molar-refractivity contribution is 5.89. The van der Waals surface area contributed by atoms with E-state index in [1.54, 1.807) is 24.2 Å². The van der Waals surface area contributed by atoms with Crippen LogP contribution < -0.4 is 4.90 Å². The van der Waals surface area contributed by atoms with Crippen molar-refractivity contribution in [2.24, 2.45) is 0 Å². The van der Waals surface area contributed by atoms with Gasteiger partial charge in [-0.15, -0.1) is 0 Å². The number of likely N-dealkylation sites (tertiary alicyclic amines) is 1. The fourth-order valence-corrected chi connectivity index (χ4v) is 3.95. The monoisotopic (exact) mass is 380 g/mol. The van der Waals surface area contributed by atoms with Gasteiger partial charge in [-0.1, -0.05) is 30.3 Å². The van der Waals surface area contributed by atoms with Crippen LogP contribution in [0.1, 0.15) is 36.9 Å². The number of hydrogen-bond donors (Lipinski definition) is 0. The zero-order chi connectivity index (χ0) is 19.5. The van der Waals surface area contributed by atoms with Crippen LogP contribution in [0.5, 0.6) is 0 Å². The molecule has 1 atom stereocenters. The highest BCUT2D eigenvalue weighted by Gasteiger charge is 2.36. The van der Waals surface area contributed by atoms with Crippen LogP contribution in [-0.2, 0) is 16.0 Å². The Morgan fingerprint density at radius 2 is 1.93 bits per heavy atom. The minimum atomic E-state index is -0.376. The van der Waals surface area contributed by atoms with E-state index in [1.807, 2.05) is 35.2 Å². The lowest BCUT2D eigenvalue weighted by Crippen LogP contribution is -2.37. The predicted octanol–water partition coefficient (Wildman–Crippen LogP) is 2.77. The van der Waals surface area contributed by atoms with Crippen LogP contribution in [0.2, 0.25) is 0 Å². The summed E-state index contributed by atoms with van der Waals surface area (Å²) in [5.74, 6) is 0.894. The highest BCUT2D eigenvalue weighted by Crippen LogP contribution is 2.29. The lowest BCUT2D eigenvalue weighted by molar-refractivity contribution is -0.129. The molecule has 0 bridgehead atoms. The van der Waals surface area contributed by atoms with Crippen LogP contribution in [0.25, 0.3) is 0 Å². The summed E-state index contributed by atoms with van der Waals surface area (Å²) in [6.45, 7) is 3.41. The third kappa shape index (κ3) is 3.83. The molecule has 0 radical (unpaired) electrons. The molecule has 28 heavy (non-hydrogen) atoms. The predicted molar refractivity (Wildman–Crippen MR) is 104 cm³/mol. The summed E-state index contributed by atoms with van der Waals surface area (Å²) in [6, 6.07) is 9.96. The van der Waals surface area contributed by atoms with Crippen molar-refractivity contribution in [1.82, 2.24) is 14.9 Å². The van der Waals surface area contributed by atoms with Crippen molar-refractivity contribution < 1.29 is 14.3 Å². The molecule has 2 aliphatic heterocycles. The average Bonchev–Trinajstić information content (AvgIpc) is 3.09. The van der Waals surface area contributed by atoms with Gasteiger partial charge in [-0.25, -0.2) is 9.78 Å². The molecule has 0 unspecified atom stereocenters. The molecule has 0 N–H and O–H groups in total. The van der Waals surface area contributed by atoms with E-state index in [9.17, 15) is 9.59 Å². The second-order valence-electron chi connectivity index (χ2n) is 7.37. The molecule has 2 aliphatic rings. The van der Waals surface area contributed by atoms with Crippen LogP contribution in [0.15, 0.2) is 42.7 Å². The summed E-state index contributed by atoms with van der Waals surface area (Å²) >= 11 is 0. The smallest absolute Gasteiger partial charge is 0.415 e. The van der Waals surface area contributed by atoms with Gasteiger partial charge in [0.2, 0.25) is 5.91 Å². The van der Waals surface area contributed by atoms with Gasteiger partial charge in [-0.2, -0.15) is 0 Å². The van der Waals surface area contributed by atoms with E-state index < -0.39 is 0 Å². The van der Waals surface area contributed by atoms with Crippen molar-refractivity contribution >= 4 is 17.8 Å². The first-order chi connectivity index (χ1) is 13.6. The number of hydrogen-bond acceptors (Lipinski definition) is 5. The minimum absolute atomic E-state index is 0.0981. The lowest BCUT2D eigenvalue weighted by atomic mass is 9.94. The minimum Gasteiger partial charge on any atom is -0.447 e. The molecule has 1 aromatic carbocycles. The number of anilines is 1. The number of piperidine rings is 1. The molecule has 2 aromatic rings. The number of benzene rings is 1. The number of rotatable bonds is 4. The maximum absolute atomic E-state index is 12.4. The normalized spacial score (nSPS) is 20.3. The summed E-state index contributed by atoms with van der Waals surface area (Å²) in [7, 11) is 0. The molecular formula is C21H24N4O3. The Morgan fingerprint density at radius 1 is 1.18 bits per heavy atom. The van der Waals surface area contributed by atoms with Crippen LogP contribution in [0.4, 0.5) is 10.6 Å². The van der Waals surface area contributed by atoms with Crippen LogP contribution in [0, 0.1) is 0 Å². The standard InChI is InChI=1S/C21H24N4O3/c1-15(26)24-9-7-17(8-10-24)19-12-22-13-20(23-19)25-18(14-28-21(25)27)11-16-5-3-2-4-6-16/h2-6,12-13,17-18H,7-11,14H2,1H3/t18-/m0/s1. The van der Waals surface area contributed by atoms with E-state index in [4.69, 9.17) is 9.72 Å². The largest absolute Gasteiger partial charge is 0.447 e. The maximum Gasteiger partial charge on any atom is 0.415 e. The second kappa shape index (κ2) is 7.96. The molecule has 7 nitrogen and oxygen atoms in total. The van der Waals surface area contributed by atoms with Crippen molar-refractivity contribution in [1.29, 1.82) is 0 Å². The van der Waals surface area contributed by atoms with Gasteiger partial charge >= 0.3 is 6.09 Å². The molecule has 0 saturated carbocycles. The Balaban J connectivity index is 1.51. The van der Waals surface area contributed by atoms with E-state index in [-0.39, 0.29) is 24.0 Å². The van der Waals surface area contributed by atoms with Crippen LogP contribution >= 0.6 is 0 Å². The molecule has 4 rings (SSSR count). The van der Waals surface area contributed by atoms with Gasteiger partial charge in [0, 0.05) is 32.1 Å². The first-order valence-electron chi connectivity index (χ1n) is 9.69. The Morgan fingerprint density at radius 3 is 2.64 bits per heavy atom. The first kappa shape index (κ1) is 18.4. The summed E-state index contributed by atoms with van der Waals surface area (Å²) in [5, 5.41) is 0. The Hall–Kier alpha value is -2.96. The Labute approximate surface area is 164 Å². The third-order valence-corrected chi connectivity index (χ3v) is 5.52. The average molecular weight is 380 g/mol. The summed E-state index contributed by atoms with van der Waals surface area (Å²) in [5.41, 5.74) is 2.02. The molecule has 0 spiro atoms. The number of amides is 2. The number of aromatic nitrogens is 2. The van der Waals surface area contributed by atoms with Crippen LogP contribution in [-0.4, -0.2) is 52.6 Å². The van der Waals surface area contributed by atoms with Gasteiger partial charge in [0.05, 0.1) is 17.9 Å². The molecule has 2 fully saturated rings. The molecule has 3 heterocycles. The molecular weight excluding hydrogens is 356 g/mol. The SMILES string of the molecule is CC(=O)N1CCC(c2cncc(N3C(=O)OC[C@@H]3Cc3ccccc3)n2)CC1. The Bertz CT molecular complexity index is 850. The lowest BCUT2D eigenvalue weighted by Gasteiger charge is -2.31. The molecule has 1 aromatic heterocycles. The molecule has 2 amide bonds.